The summed E-state index contributed by atoms with van der Waals surface area (Å²) < 4.78 is 1.12. The Morgan fingerprint density at radius 1 is 1.21 bits per heavy atom. The fourth-order valence-electron chi connectivity index (χ4n) is 3.34. The van der Waals surface area contributed by atoms with Crippen LogP contribution in [0.1, 0.15) is 24.0 Å². The molecule has 2 nitrogen and oxygen atoms in total. The lowest BCUT2D eigenvalue weighted by molar-refractivity contribution is -0.120. The summed E-state index contributed by atoms with van der Waals surface area (Å²) in [6.45, 7) is 4.10. The van der Waals surface area contributed by atoms with Crippen molar-refractivity contribution in [1.82, 2.24) is 0 Å². The van der Waals surface area contributed by atoms with Crippen molar-refractivity contribution < 1.29 is 4.79 Å². The Hall–Kier alpha value is -1.09. The van der Waals surface area contributed by atoms with Crippen LogP contribution < -0.4 is 5.32 Å². The molecule has 1 N–H and O–H groups in total. The van der Waals surface area contributed by atoms with Crippen molar-refractivity contribution in [3.63, 3.8) is 0 Å². The Labute approximate surface area is 122 Å². The first-order chi connectivity index (χ1) is 9.04. The van der Waals surface area contributed by atoms with Crippen LogP contribution in [0.5, 0.6) is 0 Å². The molecule has 0 aromatic heterocycles. The van der Waals surface area contributed by atoms with Crippen LogP contribution in [0.3, 0.4) is 0 Å². The van der Waals surface area contributed by atoms with Gasteiger partial charge in [-0.15, -0.1) is 0 Å². The van der Waals surface area contributed by atoms with Gasteiger partial charge in [0.05, 0.1) is 0 Å². The third-order valence-electron chi connectivity index (χ3n) is 4.32. The lowest BCUT2D eigenvalue weighted by Crippen LogP contribution is -2.25. The van der Waals surface area contributed by atoms with Crippen molar-refractivity contribution in [2.24, 2.45) is 17.8 Å². The fourth-order valence-corrected chi connectivity index (χ4v) is 3.56. The molecule has 1 aromatic rings. The number of carbonyl (C=O) groups is 1. The van der Waals surface area contributed by atoms with Crippen LogP contribution in [0, 0.1) is 31.6 Å². The zero-order valence-corrected chi connectivity index (χ0v) is 12.8. The minimum atomic E-state index is 0.166. The highest BCUT2D eigenvalue weighted by Gasteiger charge is 2.39. The van der Waals surface area contributed by atoms with Gasteiger partial charge in [-0.25, -0.2) is 0 Å². The first-order valence-electron chi connectivity index (χ1n) is 6.80. The molecule has 1 fully saturated rings. The zero-order chi connectivity index (χ0) is 13.6. The normalized spacial score (nSPS) is 27.8. The maximum Gasteiger partial charge on any atom is 0.228 e. The van der Waals surface area contributed by atoms with Crippen molar-refractivity contribution in [3.05, 3.63) is 39.9 Å². The lowest BCUT2D eigenvalue weighted by atomic mass is 9.92. The predicted molar refractivity (Wildman–Crippen MR) is 81.1 cm³/mol. The summed E-state index contributed by atoms with van der Waals surface area (Å²) in [5, 5.41) is 3.08. The smallest absolute Gasteiger partial charge is 0.228 e. The van der Waals surface area contributed by atoms with E-state index in [-0.39, 0.29) is 11.8 Å². The molecule has 0 radical (unpaired) electrons. The van der Waals surface area contributed by atoms with E-state index in [0.29, 0.717) is 11.8 Å². The SMILES string of the molecule is Cc1cc(NC(=O)C2CC3C=CC2C3)cc(C)c1Br. The van der Waals surface area contributed by atoms with Crippen LogP contribution in [0.15, 0.2) is 28.8 Å². The molecule has 3 atom stereocenters. The molecule has 1 saturated carbocycles. The second kappa shape index (κ2) is 4.78. The quantitative estimate of drug-likeness (QED) is 0.812. The third kappa shape index (κ3) is 2.36. The van der Waals surface area contributed by atoms with Gasteiger partial charge in [-0.2, -0.15) is 0 Å². The summed E-state index contributed by atoms with van der Waals surface area (Å²) in [5.74, 6) is 1.44. The van der Waals surface area contributed by atoms with Gasteiger partial charge in [0.15, 0.2) is 0 Å². The highest BCUT2D eigenvalue weighted by molar-refractivity contribution is 9.10. The van der Waals surface area contributed by atoms with Crippen molar-refractivity contribution in [2.45, 2.75) is 26.7 Å². The van der Waals surface area contributed by atoms with E-state index in [1.54, 1.807) is 0 Å². The van der Waals surface area contributed by atoms with Crippen LogP contribution in [0.25, 0.3) is 0 Å². The number of hydrogen-bond acceptors (Lipinski definition) is 1. The van der Waals surface area contributed by atoms with Crippen molar-refractivity contribution in [3.8, 4) is 0 Å². The zero-order valence-electron chi connectivity index (χ0n) is 11.2. The Kier molecular flexibility index (Phi) is 3.25. The number of nitrogens with one attached hydrogen (secondary N) is 1. The van der Waals surface area contributed by atoms with Gasteiger partial charge in [-0.05, 0) is 61.8 Å². The molecule has 0 heterocycles. The average Bonchev–Trinajstić information content (AvgIpc) is 2.98. The third-order valence-corrected chi connectivity index (χ3v) is 5.57. The van der Waals surface area contributed by atoms with Gasteiger partial charge in [-0.3, -0.25) is 4.79 Å². The summed E-state index contributed by atoms with van der Waals surface area (Å²) in [6.07, 6.45) is 6.66. The molecule has 3 rings (SSSR count). The molecular weight excluding hydrogens is 302 g/mol. The van der Waals surface area contributed by atoms with Crippen LogP contribution in [0.4, 0.5) is 5.69 Å². The van der Waals surface area contributed by atoms with Gasteiger partial charge in [0.1, 0.15) is 0 Å². The maximum absolute atomic E-state index is 12.4. The van der Waals surface area contributed by atoms with Crippen LogP contribution in [-0.2, 0) is 4.79 Å². The minimum absolute atomic E-state index is 0.166. The van der Waals surface area contributed by atoms with E-state index in [1.807, 2.05) is 26.0 Å². The molecule has 1 amide bonds. The number of allylic oxidation sites excluding steroid dienone is 2. The Bertz CT molecular complexity index is 541. The Balaban J connectivity index is 1.75. The number of amides is 1. The summed E-state index contributed by atoms with van der Waals surface area (Å²) >= 11 is 3.55. The lowest BCUT2D eigenvalue weighted by Gasteiger charge is -2.18. The van der Waals surface area contributed by atoms with Crippen molar-refractivity contribution in [2.75, 3.05) is 5.32 Å². The fraction of sp³-hybridized carbons (Fsp3) is 0.438. The largest absolute Gasteiger partial charge is 0.326 e. The molecule has 0 aliphatic heterocycles. The van der Waals surface area contributed by atoms with Crippen LogP contribution in [-0.4, -0.2) is 5.91 Å². The number of carbonyl (C=O) groups excluding carboxylic acids is 1. The van der Waals surface area contributed by atoms with Gasteiger partial charge < -0.3 is 5.32 Å². The number of rotatable bonds is 2. The summed E-state index contributed by atoms with van der Waals surface area (Å²) in [7, 11) is 0. The summed E-state index contributed by atoms with van der Waals surface area (Å²) in [5.41, 5.74) is 3.22. The van der Waals surface area contributed by atoms with Gasteiger partial charge in [0.25, 0.3) is 0 Å². The predicted octanol–water partition coefficient (Wildman–Crippen LogP) is 4.22. The Morgan fingerprint density at radius 3 is 2.42 bits per heavy atom. The average molecular weight is 320 g/mol. The molecule has 2 aliphatic rings. The number of fused-ring (bicyclic) bond motifs is 2. The number of halogens is 1. The first kappa shape index (κ1) is 12.9. The van der Waals surface area contributed by atoms with Gasteiger partial charge >= 0.3 is 0 Å². The van der Waals surface area contributed by atoms with E-state index in [9.17, 15) is 4.79 Å². The molecular formula is C16H18BrNO. The molecule has 0 saturated heterocycles. The maximum atomic E-state index is 12.4. The summed E-state index contributed by atoms with van der Waals surface area (Å²) in [6, 6.07) is 4.05. The number of anilines is 1. The van der Waals surface area contributed by atoms with Gasteiger partial charge in [0, 0.05) is 16.1 Å². The molecule has 19 heavy (non-hydrogen) atoms. The molecule has 3 unspecified atom stereocenters. The second-order valence-electron chi connectivity index (χ2n) is 5.80. The number of aryl methyl sites for hydroxylation is 2. The number of benzene rings is 1. The molecule has 0 spiro atoms. The van der Waals surface area contributed by atoms with Crippen molar-refractivity contribution in [1.29, 1.82) is 0 Å². The van der Waals surface area contributed by atoms with Crippen LogP contribution >= 0.6 is 15.9 Å². The monoisotopic (exact) mass is 319 g/mol. The van der Waals surface area contributed by atoms with E-state index in [4.69, 9.17) is 0 Å². The molecule has 1 aromatic carbocycles. The van der Waals surface area contributed by atoms with E-state index in [0.717, 1.165) is 34.1 Å². The summed E-state index contributed by atoms with van der Waals surface area (Å²) in [4.78, 5) is 12.4. The standard InChI is InChI=1S/C16H18BrNO/c1-9-5-13(6-10(2)15(9)17)18-16(19)14-8-11-3-4-12(14)7-11/h3-6,11-12,14H,7-8H2,1-2H3,(H,18,19). The topological polar surface area (TPSA) is 29.1 Å². The van der Waals surface area contributed by atoms with Gasteiger partial charge in [-0.1, -0.05) is 28.1 Å². The highest BCUT2D eigenvalue weighted by Crippen LogP contribution is 2.43. The van der Waals surface area contributed by atoms with E-state index in [2.05, 4.69) is 33.4 Å². The van der Waals surface area contributed by atoms with Gasteiger partial charge in [0.2, 0.25) is 5.91 Å². The van der Waals surface area contributed by atoms with E-state index in [1.165, 1.54) is 0 Å². The van der Waals surface area contributed by atoms with Crippen molar-refractivity contribution >= 4 is 27.5 Å². The second-order valence-corrected chi connectivity index (χ2v) is 6.59. The molecule has 100 valence electrons. The molecule has 2 aliphatic carbocycles. The minimum Gasteiger partial charge on any atom is -0.326 e. The molecule has 2 bridgehead atoms. The van der Waals surface area contributed by atoms with E-state index >= 15 is 0 Å². The Morgan fingerprint density at radius 2 is 1.89 bits per heavy atom. The number of hydrogen-bond donors (Lipinski definition) is 1. The highest BCUT2D eigenvalue weighted by atomic mass is 79.9. The molecule has 3 heteroatoms. The van der Waals surface area contributed by atoms with E-state index < -0.39 is 0 Å². The van der Waals surface area contributed by atoms with Crippen LogP contribution in [0.2, 0.25) is 0 Å². The first-order valence-corrected chi connectivity index (χ1v) is 7.60.